The number of benzene rings is 2. The van der Waals surface area contributed by atoms with Crippen LogP contribution in [0.2, 0.25) is 0 Å². The van der Waals surface area contributed by atoms with Gasteiger partial charge in [-0.15, -0.1) is 0 Å². The molecule has 0 atom stereocenters. The second-order valence-corrected chi connectivity index (χ2v) is 6.21. The van der Waals surface area contributed by atoms with Gasteiger partial charge in [-0.25, -0.2) is 0 Å². The van der Waals surface area contributed by atoms with E-state index in [0.29, 0.717) is 15.7 Å². The number of nitrogens with one attached hydrogen (secondary N) is 2. The molecule has 0 aliphatic heterocycles. The zero-order chi connectivity index (χ0) is 17.0. The van der Waals surface area contributed by atoms with Crippen LogP contribution in [-0.2, 0) is 0 Å². The van der Waals surface area contributed by atoms with Crippen LogP contribution in [0.3, 0.4) is 0 Å². The summed E-state index contributed by atoms with van der Waals surface area (Å²) in [5.41, 5.74) is 0.873. The molecule has 0 radical (unpaired) electrons. The number of amides is 2. The Labute approximate surface area is 142 Å². The number of phenols is 1. The Morgan fingerprint density at radius 3 is 2.43 bits per heavy atom. The molecule has 2 amide bonds. The number of hydrogen-bond acceptors (Lipinski definition) is 3. The van der Waals surface area contributed by atoms with E-state index < -0.39 is 5.91 Å². The summed E-state index contributed by atoms with van der Waals surface area (Å²) >= 11 is 3.26. The number of rotatable bonds is 4. The highest BCUT2D eigenvalue weighted by Crippen LogP contribution is 2.24. The summed E-state index contributed by atoms with van der Waals surface area (Å²) in [6, 6.07) is 11.3. The maximum absolute atomic E-state index is 12.4. The molecule has 2 aromatic carbocycles. The standard InChI is InChI=1S/C17H17BrN2O3/c1-10(2)19-16(22)12-5-3-4-6-14(12)20-17(23)13-9-11(18)7-8-15(13)21/h3-10,21H,1-2H3,(H,19,22)(H,20,23). The van der Waals surface area contributed by atoms with E-state index in [0.717, 1.165) is 0 Å². The van der Waals surface area contributed by atoms with Crippen LogP contribution in [0.25, 0.3) is 0 Å². The van der Waals surface area contributed by atoms with Gasteiger partial charge in [-0.3, -0.25) is 9.59 Å². The van der Waals surface area contributed by atoms with Gasteiger partial charge in [0.05, 0.1) is 16.8 Å². The first-order valence-electron chi connectivity index (χ1n) is 7.08. The van der Waals surface area contributed by atoms with E-state index in [1.807, 2.05) is 13.8 Å². The number of para-hydroxylation sites is 1. The molecule has 0 fully saturated rings. The highest BCUT2D eigenvalue weighted by atomic mass is 79.9. The molecule has 0 aromatic heterocycles. The van der Waals surface area contributed by atoms with Gasteiger partial charge in [0.25, 0.3) is 11.8 Å². The highest BCUT2D eigenvalue weighted by Gasteiger charge is 2.16. The Bertz CT molecular complexity index is 744. The molecule has 0 aliphatic carbocycles. The van der Waals surface area contributed by atoms with Crippen LogP contribution in [0.5, 0.6) is 5.75 Å². The van der Waals surface area contributed by atoms with Crippen molar-refractivity contribution in [3.63, 3.8) is 0 Å². The SMILES string of the molecule is CC(C)NC(=O)c1ccccc1NC(=O)c1cc(Br)ccc1O. The Morgan fingerprint density at radius 1 is 1.04 bits per heavy atom. The second kappa shape index (κ2) is 7.28. The van der Waals surface area contributed by atoms with Gasteiger partial charge in [0.15, 0.2) is 0 Å². The zero-order valence-corrected chi connectivity index (χ0v) is 14.3. The van der Waals surface area contributed by atoms with Crippen molar-refractivity contribution in [2.24, 2.45) is 0 Å². The molecule has 0 heterocycles. The van der Waals surface area contributed by atoms with Gasteiger partial charge >= 0.3 is 0 Å². The minimum absolute atomic E-state index is 0.0135. The van der Waals surface area contributed by atoms with E-state index in [4.69, 9.17) is 0 Å². The molecule has 2 rings (SSSR count). The van der Waals surface area contributed by atoms with Gasteiger partial charge in [-0.2, -0.15) is 0 Å². The van der Waals surface area contributed by atoms with E-state index in [1.165, 1.54) is 12.1 Å². The Hall–Kier alpha value is -2.34. The van der Waals surface area contributed by atoms with Gasteiger partial charge in [0.2, 0.25) is 0 Å². The maximum atomic E-state index is 12.4. The van der Waals surface area contributed by atoms with Crippen molar-refractivity contribution < 1.29 is 14.7 Å². The maximum Gasteiger partial charge on any atom is 0.259 e. The van der Waals surface area contributed by atoms with Gasteiger partial charge in [-0.05, 0) is 44.2 Å². The van der Waals surface area contributed by atoms with Crippen LogP contribution in [0.4, 0.5) is 5.69 Å². The summed E-state index contributed by atoms with van der Waals surface area (Å²) in [5.74, 6) is -0.891. The third-order valence-electron chi connectivity index (χ3n) is 3.04. The lowest BCUT2D eigenvalue weighted by molar-refractivity contribution is 0.0944. The number of carbonyl (C=O) groups is 2. The number of phenolic OH excluding ortho intramolecular Hbond substituents is 1. The van der Waals surface area contributed by atoms with Crippen molar-refractivity contribution in [3.05, 3.63) is 58.1 Å². The van der Waals surface area contributed by atoms with Crippen LogP contribution >= 0.6 is 15.9 Å². The largest absolute Gasteiger partial charge is 0.507 e. The van der Waals surface area contributed by atoms with E-state index in [1.54, 1.807) is 30.3 Å². The lowest BCUT2D eigenvalue weighted by Crippen LogP contribution is -2.31. The lowest BCUT2D eigenvalue weighted by Gasteiger charge is -2.13. The molecule has 0 saturated heterocycles. The minimum atomic E-state index is -0.492. The van der Waals surface area contributed by atoms with Crippen LogP contribution in [-0.4, -0.2) is 23.0 Å². The molecule has 5 nitrogen and oxygen atoms in total. The molecular weight excluding hydrogens is 360 g/mol. The van der Waals surface area contributed by atoms with Crippen LogP contribution < -0.4 is 10.6 Å². The normalized spacial score (nSPS) is 10.4. The molecule has 0 saturated carbocycles. The minimum Gasteiger partial charge on any atom is -0.507 e. The average Bonchev–Trinajstić information content (AvgIpc) is 2.49. The van der Waals surface area contributed by atoms with Crippen molar-refractivity contribution >= 4 is 33.4 Å². The third kappa shape index (κ3) is 4.32. The van der Waals surface area contributed by atoms with Crippen LogP contribution in [0.1, 0.15) is 34.6 Å². The molecule has 0 bridgehead atoms. The summed E-state index contributed by atoms with van der Waals surface area (Å²) in [4.78, 5) is 24.6. The fourth-order valence-corrected chi connectivity index (χ4v) is 2.37. The molecule has 2 aromatic rings. The first kappa shape index (κ1) is 17.0. The number of halogens is 1. The quantitative estimate of drug-likeness (QED) is 0.763. The average molecular weight is 377 g/mol. The number of hydrogen-bond donors (Lipinski definition) is 3. The molecule has 0 spiro atoms. The van der Waals surface area contributed by atoms with Crippen molar-refractivity contribution in [3.8, 4) is 5.75 Å². The Kier molecular flexibility index (Phi) is 5.39. The lowest BCUT2D eigenvalue weighted by atomic mass is 10.1. The van der Waals surface area contributed by atoms with E-state index >= 15 is 0 Å². The molecule has 0 unspecified atom stereocenters. The molecule has 0 aliphatic rings. The predicted molar refractivity (Wildman–Crippen MR) is 92.8 cm³/mol. The zero-order valence-electron chi connectivity index (χ0n) is 12.8. The van der Waals surface area contributed by atoms with Gasteiger partial charge in [0.1, 0.15) is 5.75 Å². The van der Waals surface area contributed by atoms with Crippen molar-refractivity contribution in [1.29, 1.82) is 0 Å². The Balaban J connectivity index is 2.28. The van der Waals surface area contributed by atoms with E-state index in [2.05, 4.69) is 26.6 Å². The monoisotopic (exact) mass is 376 g/mol. The van der Waals surface area contributed by atoms with Crippen LogP contribution in [0.15, 0.2) is 46.9 Å². The predicted octanol–water partition coefficient (Wildman–Crippen LogP) is 3.55. The summed E-state index contributed by atoms with van der Waals surface area (Å²) in [6.45, 7) is 3.72. The number of carbonyl (C=O) groups excluding carboxylic acids is 2. The van der Waals surface area contributed by atoms with Gasteiger partial charge in [-0.1, -0.05) is 28.1 Å². The van der Waals surface area contributed by atoms with Crippen molar-refractivity contribution in [2.75, 3.05) is 5.32 Å². The first-order valence-corrected chi connectivity index (χ1v) is 7.87. The van der Waals surface area contributed by atoms with Crippen molar-refractivity contribution in [2.45, 2.75) is 19.9 Å². The summed E-state index contributed by atoms with van der Waals surface area (Å²) < 4.78 is 0.672. The summed E-state index contributed by atoms with van der Waals surface area (Å²) in [7, 11) is 0. The summed E-state index contributed by atoms with van der Waals surface area (Å²) in [5, 5.41) is 15.3. The number of anilines is 1. The van der Waals surface area contributed by atoms with Crippen LogP contribution in [0, 0.1) is 0 Å². The first-order chi connectivity index (χ1) is 10.9. The fraction of sp³-hybridized carbons (Fsp3) is 0.176. The second-order valence-electron chi connectivity index (χ2n) is 5.29. The van der Waals surface area contributed by atoms with Crippen molar-refractivity contribution in [1.82, 2.24) is 5.32 Å². The molecule has 23 heavy (non-hydrogen) atoms. The smallest absolute Gasteiger partial charge is 0.259 e. The van der Waals surface area contributed by atoms with E-state index in [9.17, 15) is 14.7 Å². The van der Waals surface area contributed by atoms with E-state index in [-0.39, 0.29) is 23.3 Å². The molecule has 3 N–H and O–H groups in total. The Morgan fingerprint density at radius 2 is 1.74 bits per heavy atom. The molecular formula is C17H17BrN2O3. The fourth-order valence-electron chi connectivity index (χ4n) is 2.01. The third-order valence-corrected chi connectivity index (χ3v) is 3.54. The van der Waals surface area contributed by atoms with Gasteiger partial charge < -0.3 is 15.7 Å². The number of aromatic hydroxyl groups is 1. The highest BCUT2D eigenvalue weighted by molar-refractivity contribution is 9.10. The molecule has 120 valence electrons. The summed E-state index contributed by atoms with van der Waals surface area (Å²) in [6.07, 6.45) is 0. The molecule has 6 heteroatoms. The van der Waals surface area contributed by atoms with Gasteiger partial charge in [0, 0.05) is 10.5 Å². The topological polar surface area (TPSA) is 78.4 Å².